The van der Waals surface area contributed by atoms with Crippen LogP contribution in [0.5, 0.6) is 0 Å². The molecule has 0 fully saturated rings. The van der Waals surface area contributed by atoms with Crippen LogP contribution in [0.4, 0.5) is 0 Å². The van der Waals surface area contributed by atoms with Crippen LogP contribution in [-0.2, 0) is 0 Å². The van der Waals surface area contributed by atoms with Crippen LogP contribution in [0.3, 0.4) is 0 Å². The van der Waals surface area contributed by atoms with Gasteiger partial charge in [-0.25, -0.2) is 4.99 Å². The van der Waals surface area contributed by atoms with Gasteiger partial charge in [-0.1, -0.05) is 103 Å². The Balaban J connectivity index is 1.44. The molecule has 0 saturated carbocycles. The highest BCUT2D eigenvalue weighted by molar-refractivity contribution is 7.30. The number of benzene rings is 6. The maximum absolute atomic E-state index is 5.51. The van der Waals surface area contributed by atoms with Crippen molar-refractivity contribution in [3.8, 4) is 0 Å². The van der Waals surface area contributed by atoms with E-state index in [9.17, 15) is 0 Å². The van der Waals surface area contributed by atoms with E-state index in [0.717, 1.165) is 10.6 Å². The Morgan fingerprint density at radius 3 is 1.98 bits per heavy atom. The molecule has 10 rings (SSSR count). The van der Waals surface area contributed by atoms with Crippen molar-refractivity contribution in [3.63, 3.8) is 0 Å². The molecule has 4 heterocycles. The summed E-state index contributed by atoms with van der Waals surface area (Å²) in [4.78, 5) is 7.88. The number of hydrogen-bond donors (Lipinski definition) is 0. The molecular weight excluding hydrogens is 575 g/mol. The zero-order valence-electron chi connectivity index (χ0n) is 23.9. The number of fused-ring (bicyclic) bond motifs is 13. The molecule has 0 aliphatic carbocycles. The van der Waals surface area contributed by atoms with Crippen LogP contribution >= 0.6 is 22.7 Å². The fourth-order valence-electron chi connectivity index (χ4n) is 7.38. The molecule has 3 aromatic heterocycles. The van der Waals surface area contributed by atoms with E-state index in [4.69, 9.17) is 4.99 Å². The second-order valence-electron chi connectivity index (χ2n) is 11.5. The Morgan fingerprint density at radius 1 is 0.568 bits per heavy atom. The highest BCUT2D eigenvalue weighted by Gasteiger charge is 2.30. The smallest absolute Gasteiger partial charge is 0.203 e. The quantitative estimate of drug-likeness (QED) is 0.194. The number of rotatable bonds is 2. The molecule has 1 aliphatic rings. The number of thiophene rings is 2. The molecule has 0 radical (unpaired) electrons. The number of hydrogen-bond acceptors (Lipinski definition) is 4. The van der Waals surface area contributed by atoms with Crippen molar-refractivity contribution in [2.75, 3.05) is 7.05 Å². The summed E-state index contributed by atoms with van der Waals surface area (Å²) >= 11 is 3.84. The predicted molar refractivity (Wildman–Crippen MR) is 188 cm³/mol. The van der Waals surface area contributed by atoms with E-state index in [0.29, 0.717) is 0 Å². The highest BCUT2D eigenvalue weighted by Crippen LogP contribution is 2.52. The normalized spacial score (nSPS) is 15.2. The number of para-hydroxylation sites is 2. The summed E-state index contributed by atoms with van der Waals surface area (Å²) in [5, 5.41) is 10.2. The van der Waals surface area contributed by atoms with Crippen LogP contribution in [0.2, 0.25) is 0 Å². The first-order chi connectivity index (χ1) is 21.8. The maximum Gasteiger partial charge on any atom is 0.203 e. The Hall–Kier alpha value is -4.97. The van der Waals surface area contributed by atoms with Crippen LogP contribution in [0, 0.1) is 0 Å². The fourth-order valence-corrected chi connectivity index (χ4v) is 9.97. The van der Waals surface area contributed by atoms with Crippen LogP contribution in [0.15, 0.2) is 132 Å². The first-order valence-corrected chi connectivity index (χ1v) is 16.5. The zero-order valence-corrected chi connectivity index (χ0v) is 25.5. The summed E-state index contributed by atoms with van der Waals surface area (Å²) in [5.41, 5.74) is 4.87. The first kappa shape index (κ1) is 24.5. The standard InChI is InChI=1S/C39H25N3S2/c1-41-35(23-13-3-2-4-14-23)24-15-5-9-19-28(24)40-39(41)42-29-20-10-6-16-25(29)32-33-26-17-7-11-21-30(26)43-37(33)34-27-18-8-12-22-31(27)44-38(34)36(32)42/h2-22,39H,1H3. The molecule has 5 heteroatoms. The van der Waals surface area contributed by atoms with Gasteiger partial charge in [0.15, 0.2) is 0 Å². The molecule has 3 nitrogen and oxygen atoms in total. The molecule has 6 aromatic carbocycles. The monoisotopic (exact) mass is 599 g/mol. The van der Waals surface area contributed by atoms with Crippen molar-refractivity contribution in [1.82, 2.24) is 9.47 Å². The summed E-state index contributed by atoms with van der Waals surface area (Å²) in [5.74, 6) is 0. The van der Waals surface area contributed by atoms with Crippen LogP contribution in [0.1, 0.15) is 11.9 Å². The zero-order chi connectivity index (χ0) is 28.9. The molecule has 1 unspecified atom stereocenters. The topological polar surface area (TPSA) is 20.5 Å². The number of nitrogens with zero attached hydrogens (tertiary/aromatic N) is 3. The third kappa shape index (κ3) is 3.18. The van der Waals surface area contributed by atoms with Crippen molar-refractivity contribution < 1.29 is 0 Å². The van der Waals surface area contributed by atoms with Gasteiger partial charge in [-0.3, -0.25) is 4.57 Å². The van der Waals surface area contributed by atoms with Crippen molar-refractivity contribution >= 4 is 90.5 Å². The lowest BCUT2D eigenvalue weighted by Crippen LogP contribution is -2.42. The average molecular weight is 600 g/mol. The highest BCUT2D eigenvalue weighted by atomic mass is 32.1. The molecule has 1 aliphatic heterocycles. The Labute approximate surface area is 260 Å². The first-order valence-electron chi connectivity index (χ1n) is 14.9. The van der Waals surface area contributed by atoms with Crippen molar-refractivity contribution in [2.45, 2.75) is 6.29 Å². The van der Waals surface area contributed by atoms with Gasteiger partial charge in [0.05, 0.1) is 26.8 Å². The van der Waals surface area contributed by atoms with Gasteiger partial charge < -0.3 is 4.90 Å². The van der Waals surface area contributed by atoms with E-state index in [2.05, 4.69) is 144 Å². The molecule has 0 saturated heterocycles. The van der Waals surface area contributed by atoms with E-state index in [1.54, 1.807) is 0 Å². The van der Waals surface area contributed by atoms with E-state index < -0.39 is 0 Å². The van der Waals surface area contributed by atoms with Crippen molar-refractivity contribution in [3.05, 3.63) is 144 Å². The minimum atomic E-state index is -0.265. The Bertz CT molecular complexity index is 2750. The molecule has 0 amide bonds. The Morgan fingerprint density at radius 2 is 1.18 bits per heavy atom. The summed E-state index contributed by atoms with van der Waals surface area (Å²) in [6, 6.07) is 46.1. The van der Waals surface area contributed by atoms with Gasteiger partial charge in [0, 0.05) is 58.7 Å². The third-order valence-corrected chi connectivity index (χ3v) is 11.6. The lowest BCUT2D eigenvalue weighted by Gasteiger charge is -2.34. The second kappa shape index (κ2) is 9.02. The molecule has 0 bridgehead atoms. The minimum Gasteiger partial charge on any atom is -0.335 e. The van der Waals surface area contributed by atoms with E-state index in [1.807, 2.05) is 22.7 Å². The predicted octanol–water partition coefficient (Wildman–Crippen LogP) is 9.41. The second-order valence-corrected chi connectivity index (χ2v) is 13.6. The molecule has 0 spiro atoms. The molecule has 208 valence electrons. The summed E-state index contributed by atoms with van der Waals surface area (Å²) in [7, 11) is 2.20. The van der Waals surface area contributed by atoms with Gasteiger partial charge in [-0.05, 0) is 29.8 Å². The van der Waals surface area contributed by atoms with Gasteiger partial charge in [0.2, 0.25) is 6.29 Å². The summed E-state index contributed by atoms with van der Waals surface area (Å²) in [6.07, 6.45) is -0.265. The van der Waals surface area contributed by atoms with E-state index >= 15 is 0 Å². The van der Waals surface area contributed by atoms with Crippen LogP contribution in [0.25, 0.3) is 67.8 Å². The molecule has 0 N–H and O–H groups in total. The molecule has 1 atom stereocenters. The lowest BCUT2D eigenvalue weighted by molar-refractivity contribution is 0.271. The summed E-state index contributed by atoms with van der Waals surface area (Å²) in [6.45, 7) is 0. The van der Waals surface area contributed by atoms with Crippen molar-refractivity contribution in [1.29, 1.82) is 0 Å². The minimum absolute atomic E-state index is 0.265. The maximum atomic E-state index is 5.51. The summed E-state index contributed by atoms with van der Waals surface area (Å²) < 4.78 is 7.88. The molecular formula is C39H25N3S2. The van der Waals surface area contributed by atoms with Gasteiger partial charge in [-0.15, -0.1) is 22.7 Å². The van der Waals surface area contributed by atoms with Gasteiger partial charge in [0.1, 0.15) is 0 Å². The SMILES string of the molecule is CN1C(c2ccccc2)=c2ccccc2=NC1n1c2ccccc2c2c3c4ccccc4sc3c3c4ccccc4sc3c21. The molecule has 9 aromatic rings. The van der Waals surface area contributed by atoms with Crippen molar-refractivity contribution in [2.24, 2.45) is 4.99 Å². The average Bonchev–Trinajstić information content (AvgIpc) is 3.74. The largest absolute Gasteiger partial charge is 0.335 e. The van der Waals surface area contributed by atoms with Gasteiger partial charge in [0.25, 0.3) is 0 Å². The van der Waals surface area contributed by atoms with Crippen LogP contribution < -0.4 is 10.6 Å². The van der Waals surface area contributed by atoms with Gasteiger partial charge in [-0.2, -0.15) is 0 Å². The lowest BCUT2D eigenvalue weighted by atomic mass is 10.0. The Kier molecular flexibility index (Phi) is 5.02. The van der Waals surface area contributed by atoms with Gasteiger partial charge >= 0.3 is 0 Å². The van der Waals surface area contributed by atoms with E-state index in [-0.39, 0.29) is 6.29 Å². The van der Waals surface area contributed by atoms with Crippen LogP contribution in [-0.4, -0.2) is 16.5 Å². The third-order valence-electron chi connectivity index (χ3n) is 9.18. The number of aromatic nitrogens is 1. The molecule has 44 heavy (non-hydrogen) atoms. The van der Waals surface area contributed by atoms with E-state index in [1.165, 1.54) is 73.4 Å². The fraction of sp³-hybridized carbons (Fsp3) is 0.0513.